The van der Waals surface area contributed by atoms with Gasteiger partial charge in [-0.05, 0) is 109 Å². The zero-order valence-corrected chi connectivity index (χ0v) is 23.1. The quantitative estimate of drug-likeness (QED) is 0.376. The van der Waals surface area contributed by atoms with E-state index in [1.165, 1.54) is 12.5 Å². The highest BCUT2D eigenvalue weighted by Gasteiger charge is 2.60. The van der Waals surface area contributed by atoms with Crippen LogP contribution in [0, 0.1) is 28.1 Å². The summed E-state index contributed by atoms with van der Waals surface area (Å²) in [7, 11) is 0. The number of ether oxygens (including phenoxy) is 3. The number of esters is 3. The van der Waals surface area contributed by atoms with Crippen LogP contribution in [0.4, 0.5) is 0 Å². The van der Waals surface area contributed by atoms with E-state index >= 15 is 0 Å². The normalized spacial score (nSPS) is 31.5. The Morgan fingerprint density at radius 1 is 0.917 bits per heavy atom. The predicted octanol–water partition coefficient (Wildman–Crippen LogP) is 5.99. The van der Waals surface area contributed by atoms with Gasteiger partial charge in [-0.25, -0.2) is 0 Å². The molecule has 0 bridgehead atoms. The van der Waals surface area contributed by atoms with E-state index in [2.05, 4.69) is 6.92 Å². The molecule has 0 unspecified atom stereocenters. The van der Waals surface area contributed by atoms with Crippen molar-refractivity contribution >= 4 is 17.9 Å². The minimum Gasteiger partial charge on any atom is -0.461 e. The van der Waals surface area contributed by atoms with Gasteiger partial charge in [0.1, 0.15) is 18.0 Å². The lowest BCUT2D eigenvalue weighted by Gasteiger charge is -2.53. The fraction of sp³-hybridized carbons (Fsp3) is 0.700. The smallest absolute Gasteiger partial charge is 0.311 e. The highest BCUT2D eigenvalue weighted by Crippen LogP contribution is 2.62. The highest BCUT2D eigenvalue weighted by atomic mass is 16.6. The third-order valence-electron chi connectivity index (χ3n) is 8.56. The Balaban J connectivity index is 1.73. The van der Waals surface area contributed by atoms with Gasteiger partial charge in [0.25, 0.3) is 0 Å². The molecular formula is C30H42O6. The minimum absolute atomic E-state index is 0.0192. The van der Waals surface area contributed by atoms with E-state index in [-0.39, 0.29) is 41.4 Å². The van der Waals surface area contributed by atoms with Crippen LogP contribution in [0.15, 0.2) is 18.2 Å². The van der Waals surface area contributed by atoms with E-state index in [0.717, 1.165) is 31.2 Å². The van der Waals surface area contributed by atoms with Crippen LogP contribution in [0.5, 0.6) is 5.75 Å². The van der Waals surface area contributed by atoms with Gasteiger partial charge in [0, 0.05) is 18.3 Å². The number of hydrogen-bond acceptors (Lipinski definition) is 6. The van der Waals surface area contributed by atoms with E-state index in [1.54, 1.807) is 0 Å². The van der Waals surface area contributed by atoms with Gasteiger partial charge in [0.2, 0.25) is 0 Å². The summed E-state index contributed by atoms with van der Waals surface area (Å²) in [5.74, 6) is 0.437. The van der Waals surface area contributed by atoms with Gasteiger partial charge in [0.05, 0.1) is 10.8 Å². The monoisotopic (exact) mass is 498 g/mol. The predicted molar refractivity (Wildman–Crippen MR) is 136 cm³/mol. The van der Waals surface area contributed by atoms with Crippen LogP contribution in [-0.4, -0.2) is 30.1 Å². The van der Waals surface area contributed by atoms with Crippen molar-refractivity contribution in [3.63, 3.8) is 0 Å². The Morgan fingerprint density at radius 2 is 1.56 bits per heavy atom. The van der Waals surface area contributed by atoms with Crippen LogP contribution in [0.25, 0.3) is 0 Å². The number of carbonyl (C=O) groups is 3. The van der Waals surface area contributed by atoms with E-state index in [9.17, 15) is 14.4 Å². The molecule has 4 rings (SSSR count). The van der Waals surface area contributed by atoms with Crippen molar-refractivity contribution in [1.29, 1.82) is 0 Å². The lowest BCUT2D eigenvalue weighted by atomic mass is 9.54. The molecule has 2 fully saturated rings. The maximum atomic E-state index is 13.1. The molecule has 0 aliphatic heterocycles. The van der Waals surface area contributed by atoms with Gasteiger partial charge >= 0.3 is 17.9 Å². The van der Waals surface area contributed by atoms with Crippen LogP contribution in [0.2, 0.25) is 0 Å². The molecule has 1 aromatic carbocycles. The fourth-order valence-electron chi connectivity index (χ4n) is 6.70. The second-order valence-electron chi connectivity index (χ2n) is 13.4. The van der Waals surface area contributed by atoms with Crippen molar-refractivity contribution in [1.82, 2.24) is 0 Å². The van der Waals surface area contributed by atoms with Crippen LogP contribution in [0.3, 0.4) is 0 Å². The third-order valence-corrected chi connectivity index (χ3v) is 8.56. The second-order valence-corrected chi connectivity index (χ2v) is 13.4. The standard InChI is InChI=1S/C30H42O6/c1-17(31)34-19-11-9-18-10-12-20-22-13-14-24(36-27(33)29(5,6)7)30(22,8)16-23(25(20)21(18)15-19)35-26(32)28(2,3)4/h9,11,15,20,22-25H,10,12-14,16H2,1-8H3/t20-,22-,23-,24-,25-,30-/m0/s1. The number of hydrogen-bond donors (Lipinski definition) is 0. The van der Waals surface area contributed by atoms with Crippen molar-refractivity contribution in [2.75, 3.05) is 0 Å². The summed E-state index contributed by atoms with van der Waals surface area (Å²) in [6.07, 6.45) is 3.83. The molecule has 0 amide bonds. The van der Waals surface area contributed by atoms with Crippen molar-refractivity contribution in [3.05, 3.63) is 29.3 Å². The molecule has 6 heteroatoms. The summed E-state index contributed by atoms with van der Waals surface area (Å²) in [6.45, 7) is 14.9. The summed E-state index contributed by atoms with van der Waals surface area (Å²) >= 11 is 0. The molecule has 1 aromatic rings. The first kappa shape index (κ1) is 26.7. The number of benzene rings is 1. The summed E-state index contributed by atoms with van der Waals surface area (Å²) in [5, 5.41) is 0. The summed E-state index contributed by atoms with van der Waals surface area (Å²) in [6, 6.07) is 5.87. The molecule has 0 saturated heterocycles. The first-order valence-electron chi connectivity index (χ1n) is 13.3. The molecule has 3 aliphatic rings. The van der Waals surface area contributed by atoms with Crippen molar-refractivity contribution in [3.8, 4) is 5.75 Å². The van der Waals surface area contributed by atoms with Gasteiger partial charge in [-0.2, -0.15) is 0 Å². The number of fused-ring (bicyclic) bond motifs is 5. The van der Waals surface area contributed by atoms with Crippen LogP contribution in [0.1, 0.15) is 98.1 Å². The Bertz CT molecular complexity index is 1040. The molecule has 198 valence electrons. The van der Waals surface area contributed by atoms with Crippen LogP contribution < -0.4 is 4.74 Å². The molecule has 6 nitrogen and oxygen atoms in total. The Hall–Kier alpha value is -2.37. The molecule has 0 heterocycles. The van der Waals surface area contributed by atoms with E-state index in [1.807, 2.05) is 59.7 Å². The van der Waals surface area contributed by atoms with E-state index in [4.69, 9.17) is 14.2 Å². The molecule has 6 atom stereocenters. The Morgan fingerprint density at radius 3 is 2.17 bits per heavy atom. The van der Waals surface area contributed by atoms with Gasteiger partial charge in [-0.1, -0.05) is 13.0 Å². The average Bonchev–Trinajstić information content (AvgIpc) is 3.07. The number of carbonyl (C=O) groups excluding carboxylic acids is 3. The summed E-state index contributed by atoms with van der Waals surface area (Å²) < 4.78 is 17.9. The zero-order chi connectivity index (χ0) is 26.6. The molecular weight excluding hydrogens is 456 g/mol. The highest BCUT2D eigenvalue weighted by molar-refractivity contribution is 5.76. The van der Waals surface area contributed by atoms with Crippen molar-refractivity contribution in [2.24, 2.45) is 28.1 Å². The molecule has 0 aromatic heterocycles. The Labute approximate surface area is 215 Å². The molecule has 0 radical (unpaired) electrons. The molecule has 0 spiro atoms. The maximum absolute atomic E-state index is 13.1. The van der Waals surface area contributed by atoms with Gasteiger partial charge in [0.15, 0.2) is 0 Å². The lowest BCUT2D eigenvalue weighted by molar-refractivity contribution is -0.180. The van der Waals surface area contributed by atoms with Crippen molar-refractivity contribution < 1.29 is 28.6 Å². The summed E-state index contributed by atoms with van der Waals surface area (Å²) in [4.78, 5) is 37.6. The lowest BCUT2D eigenvalue weighted by Crippen LogP contribution is -2.52. The molecule has 3 aliphatic carbocycles. The number of aryl methyl sites for hydroxylation is 1. The molecule has 36 heavy (non-hydrogen) atoms. The fourth-order valence-corrected chi connectivity index (χ4v) is 6.70. The first-order valence-corrected chi connectivity index (χ1v) is 13.3. The molecule has 2 saturated carbocycles. The number of rotatable bonds is 3. The Kier molecular flexibility index (Phi) is 6.81. The van der Waals surface area contributed by atoms with Gasteiger partial charge in [-0.15, -0.1) is 0 Å². The second kappa shape index (κ2) is 9.18. The first-order chi connectivity index (χ1) is 16.6. The molecule has 0 N–H and O–H groups in total. The van der Waals surface area contributed by atoms with E-state index in [0.29, 0.717) is 24.0 Å². The van der Waals surface area contributed by atoms with E-state index < -0.39 is 10.8 Å². The SMILES string of the molecule is CC(=O)Oc1ccc2c(c1)[C@@H]1[C@@H](CC2)[C@@H]2CC[C@H](OC(=O)C(C)(C)C)[C@@]2(C)C[C@@H]1OC(=O)C(C)(C)C. The topological polar surface area (TPSA) is 78.9 Å². The van der Waals surface area contributed by atoms with Crippen LogP contribution in [-0.2, 0) is 30.3 Å². The van der Waals surface area contributed by atoms with Gasteiger partial charge < -0.3 is 14.2 Å². The maximum Gasteiger partial charge on any atom is 0.311 e. The minimum atomic E-state index is -0.627. The van der Waals surface area contributed by atoms with Gasteiger partial charge in [-0.3, -0.25) is 14.4 Å². The largest absolute Gasteiger partial charge is 0.461 e. The van der Waals surface area contributed by atoms with Crippen LogP contribution >= 0.6 is 0 Å². The zero-order valence-electron chi connectivity index (χ0n) is 23.1. The summed E-state index contributed by atoms with van der Waals surface area (Å²) in [5.41, 5.74) is 0.879. The third kappa shape index (κ3) is 4.92. The average molecular weight is 499 g/mol. The van der Waals surface area contributed by atoms with Crippen molar-refractivity contribution in [2.45, 2.75) is 106 Å².